The molecule has 1 aliphatic rings. The summed E-state index contributed by atoms with van der Waals surface area (Å²) in [6.07, 6.45) is 0. The summed E-state index contributed by atoms with van der Waals surface area (Å²) >= 11 is 1.61. The molecule has 1 aliphatic heterocycles. The molecule has 1 saturated heterocycles. The molecule has 7 heteroatoms. The lowest BCUT2D eigenvalue weighted by Gasteiger charge is -2.29. The lowest BCUT2D eigenvalue weighted by Crippen LogP contribution is -2.50. The summed E-state index contributed by atoms with van der Waals surface area (Å²) in [6.45, 7) is 3.84. The number of hydrogen-bond acceptors (Lipinski definition) is 5. The van der Waals surface area contributed by atoms with Crippen molar-refractivity contribution in [2.75, 3.05) is 33.2 Å². The third kappa shape index (κ3) is 3.51. The van der Waals surface area contributed by atoms with Gasteiger partial charge < -0.3 is 10.2 Å². The Morgan fingerprint density at radius 3 is 3.00 bits per heavy atom. The summed E-state index contributed by atoms with van der Waals surface area (Å²) in [5, 5.41) is 3.69. The molecule has 0 radical (unpaired) electrons. The third-order valence-corrected chi connectivity index (χ3v) is 5.33. The second-order valence-corrected chi connectivity index (χ2v) is 6.82. The minimum Gasteiger partial charge on any atom is -0.354 e. The Bertz CT molecular complexity index is 697. The van der Waals surface area contributed by atoms with Crippen LogP contribution in [0.1, 0.15) is 18.0 Å². The molecule has 122 valence electrons. The first-order valence-corrected chi connectivity index (χ1v) is 8.46. The van der Waals surface area contributed by atoms with Crippen LogP contribution < -0.4 is 5.32 Å². The van der Waals surface area contributed by atoms with Gasteiger partial charge in [-0.25, -0.2) is 4.98 Å². The number of fused-ring (bicyclic) bond motifs is 1. The minimum absolute atomic E-state index is 0.00598. The molecule has 1 fully saturated rings. The van der Waals surface area contributed by atoms with E-state index in [2.05, 4.69) is 10.3 Å². The average Bonchev–Trinajstić information content (AvgIpc) is 2.97. The van der Waals surface area contributed by atoms with E-state index in [9.17, 15) is 9.59 Å². The van der Waals surface area contributed by atoms with E-state index in [0.29, 0.717) is 13.1 Å². The summed E-state index contributed by atoms with van der Waals surface area (Å²) in [5.41, 5.74) is 0.966. The van der Waals surface area contributed by atoms with Gasteiger partial charge in [-0.15, -0.1) is 11.3 Å². The maximum atomic E-state index is 12.5. The van der Waals surface area contributed by atoms with Gasteiger partial charge in [0.15, 0.2) is 0 Å². The molecule has 2 heterocycles. The fraction of sp³-hybridized carbons (Fsp3) is 0.438. The van der Waals surface area contributed by atoms with E-state index in [1.807, 2.05) is 36.1 Å². The first-order chi connectivity index (χ1) is 11.0. The lowest BCUT2D eigenvalue weighted by molar-refractivity contribution is -0.134. The highest BCUT2D eigenvalue weighted by Crippen LogP contribution is 2.28. The van der Waals surface area contributed by atoms with Gasteiger partial charge in [0, 0.05) is 20.1 Å². The van der Waals surface area contributed by atoms with E-state index in [1.54, 1.807) is 23.3 Å². The topological polar surface area (TPSA) is 65.5 Å². The number of hydrogen-bond donors (Lipinski definition) is 1. The summed E-state index contributed by atoms with van der Waals surface area (Å²) < 4.78 is 1.13. The zero-order chi connectivity index (χ0) is 16.4. The molecule has 0 unspecified atom stereocenters. The Morgan fingerprint density at radius 1 is 1.48 bits per heavy atom. The molecule has 0 bridgehead atoms. The van der Waals surface area contributed by atoms with Gasteiger partial charge in [-0.1, -0.05) is 12.1 Å². The monoisotopic (exact) mass is 332 g/mol. The van der Waals surface area contributed by atoms with Crippen LogP contribution >= 0.6 is 11.3 Å². The number of nitrogens with zero attached hydrogens (tertiary/aromatic N) is 3. The van der Waals surface area contributed by atoms with Crippen molar-refractivity contribution in [2.24, 2.45) is 0 Å². The fourth-order valence-corrected chi connectivity index (χ4v) is 3.64. The van der Waals surface area contributed by atoms with Crippen LogP contribution in [0.15, 0.2) is 24.3 Å². The van der Waals surface area contributed by atoms with Crippen LogP contribution in [-0.2, 0) is 9.59 Å². The number of aromatic nitrogens is 1. The van der Waals surface area contributed by atoms with Crippen LogP contribution in [0.4, 0.5) is 0 Å². The molecule has 2 amide bonds. The standard InChI is InChI=1S/C16H20N4O2S/c1-11(16-18-12-5-3-4-6-13(12)23-16)19(2)15(22)10-20-8-7-17-14(21)9-20/h3-6,11H,7-10H2,1-2H3,(H,17,21)/t11-/m1/s1. The maximum absolute atomic E-state index is 12.5. The number of carbonyl (C=O) groups is 2. The van der Waals surface area contributed by atoms with E-state index in [1.165, 1.54) is 0 Å². The van der Waals surface area contributed by atoms with Crippen molar-refractivity contribution in [1.29, 1.82) is 0 Å². The Kier molecular flexibility index (Phi) is 4.58. The Labute approximate surface area is 139 Å². The van der Waals surface area contributed by atoms with E-state index >= 15 is 0 Å². The predicted octanol–water partition coefficient (Wildman–Crippen LogP) is 1.25. The van der Waals surface area contributed by atoms with E-state index in [4.69, 9.17) is 0 Å². The zero-order valence-electron chi connectivity index (χ0n) is 13.3. The first-order valence-electron chi connectivity index (χ1n) is 7.65. The smallest absolute Gasteiger partial charge is 0.237 e. The highest BCUT2D eigenvalue weighted by atomic mass is 32.1. The molecule has 2 aromatic rings. The molecule has 1 N–H and O–H groups in total. The zero-order valence-corrected chi connectivity index (χ0v) is 14.1. The summed E-state index contributed by atoms with van der Waals surface area (Å²) in [6, 6.07) is 7.89. The summed E-state index contributed by atoms with van der Waals surface area (Å²) in [4.78, 5) is 32.1. The highest BCUT2D eigenvalue weighted by molar-refractivity contribution is 7.18. The maximum Gasteiger partial charge on any atom is 0.237 e. The molecular formula is C16H20N4O2S. The number of para-hydroxylation sites is 1. The first kappa shape index (κ1) is 15.9. The largest absolute Gasteiger partial charge is 0.354 e. The van der Waals surface area contributed by atoms with Gasteiger partial charge >= 0.3 is 0 Å². The van der Waals surface area contributed by atoms with E-state index in [-0.39, 0.29) is 30.9 Å². The Hall–Kier alpha value is -1.99. The molecule has 0 aliphatic carbocycles. The van der Waals surface area contributed by atoms with Gasteiger partial charge in [-0.3, -0.25) is 14.5 Å². The molecular weight excluding hydrogens is 312 g/mol. The number of rotatable bonds is 4. The summed E-state index contributed by atoms with van der Waals surface area (Å²) in [7, 11) is 1.79. The second kappa shape index (κ2) is 6.64. The van der Waals surface area contributed by atoms with Gasteiger partial charge in [0.05, 0.1) is 29.3 Å². The third-order valence-electron chi connectivity index (χ3n) is 4.12. The Morgan fingerprint density at radius 2 is 2.26 bits per heavy atom. The number of piperazine rings is 1. The van der Waals surface area contributed by atoms with Crippen molar-refractivity contribution in [3.63, 3.8) is 0 Å². The van der Waals surface area contributed by atoms with Crippen LogP contribution in [0, 0.1) is 0 Å². The number of likely N-dealkylation sites (N-methyl/N-ethyl adjacent to an activating group) is 1. The lowest BCUT2D eigenvalue weighted by atomic mass is 10.3. The van der Waals surface area contributed by atoms with Crippen LogP contribution in [0.5, 0.6) is 0 Å². The number of nitrogens with one attached hydrogen (secondary N) is 1. The summed E-state index contributed by atoms with van der Waals surface area (Å²) in [5.74, 6) is -0.0163. The van der Waals surface area contributed by atoms with Gasteiger partial charge in [-0.05, 0) is 19.1 Å². The fourth-order valence-electron chi connectivity index (χ4n) is 2.58. The van der Waals surface area contributed by atoms with Gasteiger partial charge in [-0.2, -0.15) is 0 Å². The highest BCUT2D eigenvalue weighted by Gasteiger charge is 2.24. The van der Waals surface area contributed by atoms with Crippen molar-refractivity contribution >= 4 is 33.4 Å². The van der Waals surface area contributed by atoms with Crippen molar-refractivity contribution < 1.29 is 9.59 Å². The van der Waals surface area contributed by atoms with Crippen molar-refractivity contribution in [3.05, 3.63) is 29.3 Å². The van der Waals surface area contributed by atoms with E-state index < -0.39 is 0 Å². The molecule has 1 atom stereocenters. The number of amides is 2. The van der Waals surface area contributed by atoms with Crippen molar-refractivity contribution in [3.8, 4) is 0 Å². The number of carbonyl (C=O) groups excluding carboxylic acids is 2. The normalized spacial score (nSPS) is 17.0. The van der Waals surface area contributed by atoms with Crippen LogP contribution in [0.2, 0.25) is 0 Å². The van der Waals surface area contributed by atoms with Crippen molar-refractivity contribution in [2.45, 2.75) is 13.0 Å². The molecule has 1 aromatic carbocycles. The average molecular weight is 332 g/mol. The molecule has 0 saturated carbocycles. The Balaban J connectivity index is 1.67. The molecule has 23 heavy (non-hydrogen) atoms. The number of benzene rings is 1. The van der Waals surface area contributed by atoms with Gasteiger partial charge in [0.2, 0.25) is 11.8 Å². The van der Waals surface area contributed by atoms with Crippen LogP contribution in [0.3, 0.4) is 0 Å². The van der Waals surface area contributed by atoms with Gasteiger partial charge in [0.1, 0.15) is 5.01 Å². The molecule has 1 aromatic heterocycles. The van der Waals surface area contributed by atoms with E-state index in [0.717, 1.165) is 15.2 Å². The molecule has 6 nitrogen and oxygen atoms in total. The minimum atomic E-state index is -0.0847. The number of thiazole rings is 1. The predicted molar refractivity (Wildman–Crippen MR) is 90.3 cm³/mol. The quantitative estimate of drug-likeness (QED) is 0.915. The molecule has 3 rings (SSSR count). The van der Waals surface area contributed by atoms with Gasteiger partial charge in [0.25, 0.3) is 0 Å². The van der Waals surface area contributed by atoms with Crippen LogP contribution in [-0.4, -0.2) is 59.8 Å². The SMILES string of the molecule is C[C@H](c1nc2ccccc2s1)N(C)C(=O)CN1CCNC(=O)C1. The second-order valence-electron chi connectivity index (χ2n) is 5.76. The van der Waals surface area contributed by atoms with Crippen molar-refractivity contribution in [1.82, 2.24) is 20.1 Å². The van der Waals surface area contributed by atoms with Crippen LogP contribution in [0.25, 0.3) is 10.2 Å². The molecule has 0 spiro atoms.